The van der Waals surface area contributed by atoms with Crippen molar-refractivity contribution in [1.29, 1.82) is 0 Å². The van der Waals surface area contributed by atoms with Crippen LogP contribution in [0.5, 0.6) is 0 Å². The highest BCUT2D eigenvalue weighted by Gasteiger charge is 2.43. The molecule has 0 saturated heterocycles. The standard InChI is InChI=1S/C20H18BrClF4N2O2/c21-12-3-1-2-11(8-12)15-9-13(23)4-6-19(15,30)10-28-18(29)17-16(22)14(5-7-27-17)20(24,25)26/h1-3,5,7-8,13,15,30H,4,6,9-10H2,(H,28,29)/t13-,15-,19+/m0/s1. The van der Waals surface area contributed by atoms with Crippen molar-refractivity contribution in [1.82, 2.24) is 10.3 Å². The second-order valence-electron chi connectivity index (χ2n) is 7.28. The molecule has 30 heavy (non-hydrogen) atoms. The van der Waals surface area contributed by atoms with E-state index in [0.29, 0.717) is 11.6 Å². The molecule has 2 N–H and O–H groups in total. The molecule has 1 aromatic carbocycles. The number of amides is 1. The number of carbonyl (C=O) groups excluding carboxylic acids is 1. The maximum Gasteiger partial charge on any atom is 0.417 e. The Morgan fingerprint density at radius 1 is 1.37 bits per heavy atom. The van der Waals surface area contributed by atoms with E-state index >= 15 is 0 Å². The minimum atomic E-state index is -4.74. The summed E-state index contributed by atoms with van der Waals surface area (Å²) in [5.74, 6) is -1.56. The van der Waals surface area contributed by atoms with Crippen LogP contribution in [0.1, 0.15) is 46.8 Å². The summed E-state index contributed by atoms with van der Waals surface area (Å²) in [6.45, 7) is -0.288. The highest BCUT2D eigenvalue weighted by Crippen LogP contribution is 2.42. The van der Waals surface area contributed by atoms with Gasteiger partial charge in [-0.15, -0.1) is 0 Å². The van der Waals surface area contributed by atoms with Crippen molar-refractivity contribution in [2.45, 2.75) is 43.1 Å². The molecule has 1 aromatic heterocycles. The van der Waals surface area contributed by atoms with Crippen molar-refractivity contribution in [3.63, 3.8) is 0 Å². The minimum Gasteiger partial charge on any atom is -0.387 e. The number of carbonyl (C=O) groups is 1. The lowest BCUT2D eigenvalue weighted by molar-refractivity contribution is -0.137. The van der Waals surface area contributed by atoms with Gasteiger partial charge in [0.25, 0.3) is 5.91 Å². The fourth-order valence-corrected chi connectivity index (χ4v) is 4.41. The molecule has 0 bridgehead atoms. The molecule has 162 valence electrons. The first kappa shape index (κ1) is 23.0. The third kappa shape index (κ3) is 4.95. The molecular weight excluding hydrogens is 492 g/mol. The summed E-state index contributed by atoms with van der Waals surface area (Å²) in [4.78, 5) is 16.1. The first-order valence-corrected chi connectivity index (χ1v) is 10.3. The van der Waals surface area contributed by atoms with Gasteiger partial charge in [-0.25, -0.2) is 9.37 Å². The van der Waals surface area contributed by atoms with Gasteiger partial charge in [0, 0.05) is 23.1 Å². The second kappa shape index (κ2) is 8.80. The first-order valence-electron chi connectivity index (χ1n) is 9.13. The van der Waals surface area contributed by atoms with Gasteiger partial charge < -0.3 is 10.4 Å². The van der Waals surface area contributed by atoms with Crippen LogP contribution >= 0.6 is 27.5 Å². The molecule has 1 fully saturated rings. The lowest BCUT2D eigenvalue weighted by atomic mass is 9.71. The van der Waals surface area contributed by atoms with Crippen molar-refractivity contribution in [2.24, 2.45) is 0 Å². The molecule has 4 nitrogen and oxygen atoms in total. The largest absolute Gasteiger partial charge is 0.417 e. The van der Waals surface area contributed by atoms with E-state index in [1.54, 1.807) is 24.3 Å². The summed E-state index contributed by atoms with van der Waals surface area (Å²) >= 11 is 9.09. The Bertz CT molecular complexity index is 943. The number of rotatable bonds is 4. The van der Waals surface area contributed by atoms with Crippen LogP contribution in [-0.4, -0.2) is 34.3 Å². The van der Waals surface area contributed by atoms with Crippen LogP contribution in [-0.2, 0) is 6.18 Å². The maximum atomic E-state index is 14.1. The maximum absolute atomic E-state index is 14.1. The predicted molar refractivity (Wildman–Crippen MR) is 107 cm³/mol. The quantitative estimate of drug-likeness (QED) is 0.551. The molecule has 2 aromatic rings. The zero-order chi connectivity index (χ0) is 22.1. The lowest BCUT2D eigenvalue weighted by Gasteiger charge is -2.41. The van der Waals surface area contributed by atoms with E-state index in [0.717, 1.165) is 10.7 Å². The molecule has 1 heterocycles. The Morgan fingerprint density at radius 2 is 2.10 bits per heavy atom. The SMILES string of the molecule is O=C(NC[C@]1(O)CC[C@H](F)C[C@H]1c1cccc(Br)c1)c1nccc(C(F)(F)F)c1Cl. The molecule has 0 aliphatic heterocycles. The number of halogens is 6. The summed E-state index contributed by atoms with van der Waals surface area (Å²) < 4.78 is 53.9. The average molecular weight is 510 g/mol. The van der Waals surface area contributed by atoms with Crippen LogP contribution in [0.4, 0.5) is 17.6 Å². The smallest absolute Gasteiger partial charge is 0.387 e. The van der Waals surface area contributed by atoms with E-state index in [9.17, 15) is 27.5 Å². The van der Waals surface area contributed by atoms with E-state index in [1.165, 1.54) is 0 Å². The summed E-state index contributed by atoms with van der Waals surface area (Å²) in [5, 5.41) is 12.8. The van der Waals surface area contributed by atoms with Crippen molar-refractivity contribution in [2.75, 3.05) is 6.54 Å². The van der Waals surface area contributed by atoms with Crippen molar-refractivity contribution in [3.05, 3.63) is 62.8 Å². The van der Waals surface area contributed by atoms with Crippen LogP contribution in [0.25, 0.3) is 0 Å². The summed E-state index contributed by atoms with van der Waals surface area (Å²) in [6, 6.07) is 7.75. The molecule has 1 saturated carbocycles. The van der Waals surface area contributed by atoms with Gasteiger partial charge in [0.2, 0.25) is 0 Å². The number of hydrogen-bond donors (Lipinski definition) is 2. The third-order valence-electron chi connectivity index (χ3n) is 5.25. The summed E-state index contributed by atoms with van der Waals surface area (Å²) in [6.07, 6.45) is -4.75. The number of hydrogen-bond acceptors (Lipinski definition) is 3. The van der Waals surface area contributed by atoms with Crippen molar-refractivity contribution in [3.8, 4) is 0 Å². The van der Waals surface area contributed by atoms with Gasteiger partial charge in [0.1, 0.15) is 11.9 Å². The Labute approximate surface area is 183 Å². The van der Waals surface area contributed by atoms with Gasteiger partial charge in [0.15, 0.2) is 0 Å². The van der Waals surface area contributed by atoms with Crippen molar-refractivity contribution >= 4 is 33.4 Å². The molecular formula is C20H18BrClF4N2O2. The van der Waals surface area contributed by atoms with Gasteiger partial charge >= 0.3 is 6.18 Å². The van der Waals surface area contributed by atoms with E-state index < -0.39 is 46.1 Å². The topological polar surface area (TPSA) is 62.2 Å². The number of aliphatic hydroxyl groups is 1. The van der Waals surface area contributed by atoms with Crippen LogP contribution in [0.15, 0.2) is 41.0 Å². The fraction of sp³-hybridized carbons (Fsp3) is 0.400. The van der Waals surface area contributed by atoms with Gasteiger partial charge in [-0.2, -0.15) is 13.2 Å². The van der Waals surface area contributed by atoms with Crippen LogP contribution < -0.4 is 5.32 Å². The fourth-order valence-electron chi connectivity index (χ4n) is 3.69. The zero-order valence-corrected chi connectivity index (χ0v) is 17.9. The number of alkyl halides is 4. The highest BCUT2D eigenvalue weighted by molar-refractivity contribution is 9.10. The number of pyridine rings is 1. The Morgan fingerprint density at radius 3 is 2.77 bits per heavy atom. The first-order chi connectivity index (χ1) is 14.0. The Kier molecular flexibility index (Phi) is 6.74. The van der Waals surface area contributed by atoms with Crippen molar-refractivity contribution < 1.29 is 27.5 Å². The highest BCUT2D eigenvalue weighted by atomic mass is 79.9. The number of aromatic nitrogens is 1. The molecule has 0 radical (unpaired) electrons. The van der Waals surface area contributed by atoms with Crippen LogP contribution in [0.2, 0.25) is 5.02 Å². The van der Waals surface area contributed by atoms with Gasteiger partial charge in [-0.05, 0) is 43.0 Å². The van der Waals surface area contributed by atoms with Gasteiger partial charge in [-0.1, -0.05) is 39.7 Å². The summed E-state index contributed by atoms with van der Waals surface area (Å²) in [7, 11) is 0. The molecule has 0 unspecified atom stereocenters. The van der Waals surface area contributed by atoms with Gasteiger partial charge in [-0.3, -0.25) is 4.79 Å². The monoisotopic (exact) mass is 508 g/mol. The Hall–Kier alpha value is -1.71. The van der Waals surface area contributed by atoms with E-state index in [2.05, 4.69) is 26.2 Å². The molecule has 3 rings (SSSR count). The van der Waals surface area contributed by atoms with Crippen LogP contribution in [0.3, 0.4) is 0 Å². The molecule has 0 spiro atoms. The van der Waals surface area contributed by atoms with Gasteiger partial charge in [0.05, 0.1) is 16.2 Å². The van der Waals surface area contributed by atoms with Crippen LogP contribution in [0, 0.1) is 0 Å². The minimum absolute atomic E-state index is 0.0609. The van der Waals surface area contributed by atoms with E-state index in [1.807, 2.05) is 0 Å². The molecule has 1 aliphatic rings. The number of nitrogens with zero attached hydrogens (tertiary/aromatic N) is 1. The molecule has 1 amide bonds. The summed E-state index contributed by atoms with van der Waals surface area (Å²) in [5.41, 5.74) is -2.55. The number of nitrogens with one attached hydrogen (secondary N) is 1. The van der Waals surface area contributed by atoms with E-state index in [-0.39, 0.29) is 25.8 Å². The molecule has 10 heteroatoms. The zero-order valence-electron chi connectivity index (χ0n) is 15.5. The lowest BCUT2D eigenvalue weighted by Crippen LogP contribution is -2.50. The predicted octanol–water partition coefficient (Wildman–Crippen LogP) is 5.28. The molecule has 3 atom stereocenters. The third-order valence-corrected chi connectivity index (χ3v) is 6.12. The van der Waals surface area contributed by atoms with E-state index in [4.69, 9.17) is 11.6 Å². The number of benzene rings is 1. The second-order valence-corrected chi connectivity index (χ2v) is 8.58. The average Bonchev–Trinajstić information content (AvgIpc) is 2.67. The molecule has 1 aliphatic carbocycles. The Balaban J connectivity index is 1.82. The normalized spacial score (nSPS) is 24.5.